The number of hydrogen-bond acceptors (Lipinski definition) is 3. The first-order chi connectivity index (χ1) is 8.28. The lowest BCUT2D eigenvalue weighted by Gasteiger charge is -2.29. The van der Waals surface area contributed by atoms with Crippen molar-refractivity contribution in [1.82, 2.24) is 0 Å². The third-order valence-corrected chi connectivity index (χ3v) is 2.91. The van der Waals surface area contributed by atoms with E-state index in [9.17, 15) is 4.79 Å². The number of ketones is 1. The van der Waals surface area contributed by atoms with Crippen molar-refractivity contribution in [2.45, 2.75) is 52.2 Å². The summed E-state index contributed by atoms with van der Waals surface area (Å²) in [4.78, 5) is 23.0. The van der Waals surface area contributed by atoms with Gasteiger partial charge in [0.2, 0.25) is 0 Å². The molecule has 0 N–H and O–H groups in total. The van der Waals surface area contributed by atoms with Crippen LogP contribution in [0, 0.1) is 0 Å². The molecule has 0 atom stereocenters. The Bertz CT molecular complexity index is 393. The second kappa shape index (κ2) is 5.63. The van der Waals surface area contributed by atoms with Crippen LogP contribution in [0.4, 0.5) is 0 Å². The Morgan fingerprint density at radius 1 is 1.06 bits per heavy atom. The van der Waals surface area contributed by atoms with Gasteiger partial charge in [-0.25, -0.2) is 9.78 Å². The summed E-state index contributed by atoms with van der Waals surface area (Å²) in [5.41, 5.74) is -0.761. The van der Waals surface area contributed by atoms with E-state index in [1.807, 2.05) is 39.0 Å². The zero-order valence-corrected chi connectivity index (χ0v) is 11.8. The second-order valence-corrected chi connectivity index (χ2v) is 5.49. The Morgan fingerprint density at radius 2 is 1.61 bits per heavy atom. The van der Waals surface area contributed by atoms with Crippen LogP contribution in [0.1, 0.15) is 51.4 Å². The van der Waals surface area contributed by atoms with Crippen molar-refractivity contribution in [1.29, 1.82) is 0 Å². The molecule has 0 heterocycles. The van der Waals surface area contributed by atoms with Crippen molar-refractivity contribution < 1.29 is 14.6 Å². The van der Waals surface area contributed by atoms with Crippen LogP contribution in [0.2, 0.25) is 0 Å². The van der Waals surface area contributed by atoms with E-state index in [0.29, 0.717) is 5.56 Å². The molecular weight excluding hydrogens is 228 g/mol. The van der Waals surface area contributed by atoms with Crippen molar-refractivity contribution in [2.24, 2.45) is 0 Å². The molecular formula is C15H22O3. The predicted molar refractivity (Wildman–Crippen MR) is 71.4 cm³/mol. The molecule has 0 bridgehead atoms. The van der Waals surface area contributed by atoms with Crippen LogP contribution in [0.15, 0.2) is 30.3 Å². The fraction of sp³-hybridized carbons (Fsp3) is 0.533. The molecule has 0 aliphatic rings. The zero-order valence-electron chi connectivity index (χ0n) is 11.8. The number of rotatable bonds is 6. The molecule has 0 fully saturated rings. The van der Waals surface area contributed by atoms with Gasteiger partial charge in [0.05, 0.1) is 5.60 Å². The van der Waals surface area contributed by atoms with Crippen LogP contribution in [-0.4, -0.2) is 17.0 Å². The quantitative estimate of drug-likeness (QED) is 0.438. The molecule has 0 saturated carbocycles. The normalized spacial score (nSPS) is 12.5. The first-order valence-electron chi connectivity index (χ1n) is 6.25. The zero-order chi connectivity index (χ0) is 13.8. The van der Waals surface area contributed by atoms with Crippen molar-refractivity contribution >= 4 is 5.78 Å². The monoisotopic (exact) mass is 250 g/mol. The molecule has 0 saturated heterocycles. The minimum Gasteiger partial charge on any atom is -0.291 e. The fourth-order valence-corrected chi connectivity index (χ4v) is 1.25. The van der Waals surface area contributed by atoms with E-state index in [-0.39, 0.29) is 5.78 Å². The van der Waals surface area contributed by atoms with Crippen molar-refractivity contribution in [2.75, 3.05) is 0 Å². The number of Topliss-reactive ketones (excluding diaryl/α,β-unsaturated/α-hetero) is 1. The predicted octanol–water partition coefficient (Wildman–Crippen LogP) is 3.78. The average molecular weight is 250 g/mol. The highest BCUT2D eigenvalue weighted by atomic mass is 17.2. The standard InChI is InChI=1S/C15H22O3/c1-6-14(2,3)17-18-15(4,5)13(16)12-10-8-7-9-11-12/h7-11H,6H2,1-5H3. The molecule has 0 spiro atoms. The van der Waals surface area contributed by atoms with Crippen LogP contribution in [0.3, 0.4) is 0 Å². The maximum Gasteiger partial charge on any atom is 0.197 e. The summed E-state index contributed by atoms with van der Waals surface area (Å²) in [7, 11) is 0. The Hall–Kier alpha value is -1.19. The molecule has 0 aliphatic heterocycles. The maximum atomic E-state index is 12.3. The SMILES string of the molecule is CCC(C)(C)OOC(C)(C)C(=O)c1ccccc1. The number of hydrogen-bond donors (Lipinski definition) is 0. The average Bonchev–Trinajstić information content (AvgIpc) is 2.37. The first-order valence-corrected chi connectivity index (χ1v) is 6.25. The van der Waals surface area contributed by atoms with Crippen LogP contribution in [0.25, 0.3) is 0 Å². The molecule has 0 aliphatic carbocycles. The third-order valence-electron chi connectivity index (χ3n) is 2.91. The Balaban J connectivity index is 2.72. The van der Waals surface area contributed by atoms with E-state index >= 15 is 0 Å². The minimum absolute atomic E-state index is 0.0880. The van der Waals surface area contributed by atoms with Crippen LogP contribution in [0.5, 0.6) is 0 Å². The van der Waals surface area contributed by atoms with Gasteiger partial charge in [0, 0.05) is 5.56 Å². The van der Waals surface area contributed by atoms with Gasteiger partial charge in [-0.15, -0.1) is 0 Å². The highest BCUT2D eigenvalue weighted by molar-refractivity contribution is 6.01. The molecule has 0 aromatic heterocycles. The summed E-state index contributed by atoms with van der Waals surface area (Å²) in [6.45, 7) is 9.30. The third kappa shape index (κ3) is 3.93. The lowest BCUT2D eigenvalue weighted by atomic mass is 9.97. The topological polar surface area (TPSA) is 35.5 Å². The Kier molecular flexibility index (Phi) is 4.65. The van der Waals surface area contributed by atoms with Gasteiger partial charge in [-0.2, -0.15) is 0 Å². The van der Waals surface area contributed by atoms with Gasteiger partial charge >= 0.3 is 0 Å². The largest absolute Gasteiger partial charge is 0.291 e. The summed E-state index contributed by atoms with van der Waals surface area (Å²) in [6.07, 6.45) is 0.808. The summed E-state index contributed by atoms with van der Waals surface area (Å²) < 4.78 is 0. The molecule has 0 unspecified atom stereocenters. The van der Waals surface area contributed by atoms with E-state index in [2.05, 4.69) is 0 Å². The molecule has 1 aromatic carbocycles. The maximum absolute atomic E-state index is 12.3. The van der Waals surface area contributed by atoms with Gasteiger partial charge in [-0.3, -0.25) is 4.79 Å². The lowest BCUT2D eigenvalue weighted by molar-refractivity contribution is -0.388. The summed E-state index contributed by atoms with van der Waals surface area (Å²) in [6, 6.07) is 9.10. The number of carbonyl (C=O) groups excluding carboxylic acids is 1. The summed E-state index contributed by atoms with van der Waals surface area (Å²) in [5, 5.41) is 0. The van der Waals surface area contributed by atoms with E-state index in [0.717, 1.165) is 6.42 Å². The van der Waals surface area contributed by atoms with Gasteiger partial charge < -0.3 is 0 Å². The molecule has 3 nitrogen and oxygen atoms in total. The lowest BCUT2D eigenvalue weighted by Crippen LogP contribution is -2.38. The Labute approximate surface area is 109 Å². The smallest absolute Gasteiger partial charge is 0.197 e. The molecule has 0 radical (unpaired) electrons. The molecule has 1 rings (SSSR count). The minimum atomic E-state index is -0.992. The van der Waals surface area contributed by atoms with Crippen LogP contribution < -0.4 is 0 Å². The van der Waals surface area contributed by atoms with Gasteiger partial charge in [-0.1, -0.05) is 37.3 Å². The number of carbonyl (C=O) groups is 1. The highest BCUT2D eigenvalue weighted by Crippen LogP contribution is 2.22. The van der Waals surface area contributed by atoms with E-state index < -0.39 is 11.2 Å². The second-order valence-electron chi connectivity index (χ2n) is 5.49. The van der Waals surface area contributed by atoms with Gasteiger partial charge in [-0.05, 0) is 34.1 Å². The van der Waals surface area contributed by atoms with E-state index in [4.69, 9.17) is 9.78 Å². The Morgan fingerprint density at radius 3 is 2.11 bits per heavy atom. The van der Waals surface area contributed by atoms with Crippen molar-refractivity contribution in [3.05, 3.63) is 35.9 Å². The summed E-state index contributed by atoms with van der Waals surface area (Å²) in [5.74, 6) is -0.0880. The molecule has 3 heteroatoms. The molecule has 100 valence electrons. The van der Waals surface area contributed by atoms with E-state index in [1.54, 1.807) is 26.0 Å². The van der Waals surface area contributed by atoms with Crippen molar-refractivity contribution in [3.63, 3.8) is 0 Å². The highest BCUT2D eigenvalue weighted by Gasteiger charge is 2.33. The summed E-state index contributed by atoms with van der Waals surface area (Å²) >= 11 is 0. The van der Waals surface area contributed by atoms with E-state index in [1.165, 1.54) is 0 Å². The van der Waals surface area contributed by atoms with Gasteiger partial charge in [0.15, 0.2) is 11.4 Å². The molecule has 1 aromatic rings. The fourth-order valence-electron chi connectivity index (χ4n) is 1.25. The molecule has 0 amide bonds. The van der Waals surface area contributed by atoms with Crippen molar-refractivity contribution in [3.8, 4) is 0 Å². The first kappa shape index (κ1) is 14.9. The van der Waals surface area contributed by atoms with Crippen LogP contribution in [-0.2, 0) is 9.78 Å². The molecule has 18 heavy (non-hydrogen) atoms. The van der Waals surface area contributed by atoms with Gasteiger partial charge in [0.1, 0.15) is 0 Å². The van der Waals surface area contributed by atoms with Gasteiger partial charge in [0.25, 0.3) is 0 Å². The van der Waals surface area contributed by atoms with Crippen LogP contribution >= 0.6 is 0 Å². The number of benzene rings is 1.